The number of hydrogen-bond donors (Lipinski definition) is 0. The molecule has 5 rings (SSSR count). The van der Waals surface area contributed by atoms with E-state index < -0.39 is 0 Å². The number of hydrogen-bond acceptors (Lipinski definition) is 0. The monoisotopic (exact) mass is 367 g/mol. The van der Waals surface area contributed by atoms with Crippen molar-refractivity contribution in [2.24, 2.45) is 0 Å². The van der Waals surface area contributed by atoms with E-state index in [4.69, 9.17) is 0 Å². The van der Waals surface area contributed by atoms with Crippen LogP contribution in [0.25, 0.3) is 22.7 Å². The molecule has 1 nitrogen and oxygen atoms in total. The molecule has 0 N–H and O–H groups in total. The van der Waals surface area contributed by atoms with Crippen LogP contribution >= 0.6 is 0 Å². The molecule has 28 heavy (non-hydrogen) atoms. The third kappa shape index (κ3) is 1.80. The normalized spacial score (nSPS) is 20.9. The lowest BCUT2D eigenvalue weighted by atomic mass is 9.63. The van der Waals surface area contributed by atoms with Gasteiger partial charge >= 0.3 is 0 Å². The van der Waals surface area contributed by atoms with E-state index in [-0.39, 0.29) is 10.8 Å². The van der Waals surface area contributed by atoms with Crippen LogP contribution in [0.2, 0.25) is 0 Å². The maximum atomic E-state index is 2.64. The molecule has 0 saturated carbocycles. The molecule has 142 valence electrons. The summed E-state index contributed by atoms with van der Waals surface area (Å²) in [6.07, 6.45) is 4.52. The van der Waals surface area contributed by atoms with Crippen molar-refractivity contribution in [3.05, 3.63) is 63.9 Å². The van der Waals surface area contributed by atoms with Gasteiger partial charge in [0, 0.05) is 28.0 Å². The zero-order valence-corrected chi connectivity index (χ0v) is 18.5. The molecular formula is C26H30BN. The molecule has 0 radical (unpaired) electrons. The molecule has 2 aromatic carbocycles. The van der Waals surface area contributed by atoms with Gasteiger partial charge in [-0.25, -0.2) is 0 Å². The van der Waals surface area contributed by atoms with Gasteiger partial charge in [-0.05, 0) is 36.0 Å². The van der Waals surface area contributed by atoms with Crippen LogP contribution in [-0.2, 0) is 10.8 Å². The minimum atomic E-state index is -0.00478. The summed E-state index contributed by atoms with van der Waals surface area (Å²) in [6, 6.07) is 9.40. The lowest BCUT2D eigenvalue weighted by molar-refractivity contribution is 0.404. The van der Waals surface area contributed by atoms with Crippen LogP contribution in [0.1, 0.15) is 81.0 Å². The highest BCUT2D eigenvalue weighted by Crippen LogP contribution is 2.56. The molecule has 2 aliphatic rings. The summed E-state index contributed by atoms with van der Waals surface area (Å²) < 4.78 is 2.64. The molecule has 0 bridgehead atoms. The fraction of sp³-hybridized carbons (Fsp3) is 0.385. The van der Waals surface area contributed by atoms with Gasteiger partial charge in [-0.3, -0.25) is 0 Å². The van der Waals surface area contributed by atoms with Crippen molar-refractivity contribution in [1.29, 1.82) is 0 Å². The summed E-state index contributed by atoms with van der Waals surface area (Å²) in [5.74, 6) is 0.447. The first-order chi connectivity index (χ1) is 13.1. The topological polar surface area (TPSA) is 4.93 Å². The molecule has 3 heterocycles. The summed E-state index contributed by atoms with van der Waals surface area (Å²) in [4.78, 5) is 0. The number of rotatable bonds is 1. The quantitative estimate of drug-likeness (QED) is 0.517. The van der Waals surface area contributed by atoms with Crippen LogP contribution in [0.4, 0.5) is 0 Å². The summed E-state index contributed by atoms with van der Waals surface area (Å²) in [5, 5.41) is 1.40. The highest BCUT2D eigenvalue weighted by atomic mass is 15.0. The standard InChI is InChI=1S/C26H30BN/c1-8-10-16-17-11-9-12-18-23(17)28-22(16)15(3)25(4,5)19-13-20(27)14(2)21(24(19)28)26(18,6)7/h8-13,15H,27H2,1-7H3/b10-8-. The Labute approximate surface area is 169 Å². The number of nitrogens with zero attached hydrogens (tertiary/aromatic N) is 1. The zero-order valence-electron chi connectivity index (χ0n) is 18.5. The van der Waals surface area contributed by atoms with Crippen molar-refractivity contribution >= 4 is 30.3 Å². The maximum absolute atomic E-state index is 2.64. The van der Waals surface area contributed by atoms with E-state index in [1.54, 1.807) is 0 Å². The van der Waals surface area contributed by atoms with Crippen LogP contribution in [-0.4, -0.2) is 12.4 Å². The van der Waals surface area contributed by atoms with Crippen LogP contribution in [0.3, 0.4) is 0 Å². The predicted octanol–water partition coefficient (Wildman–Crippen LogP) is 5.26. The van der Waals surface area contributed by atoms with E-state index in [1.807, 2.05) is 0 Å². The van der Waals surface area contributed by atoms with Crippen LogP contribution < -0.4 is 5.46 Å². The Hall–Kier alpha value is -2.22. The second-order valence-corrected chi connectivity index (χ2v) is 9.99. The second-order valence-electron chi connectivity index (χ2n) is 9.99. The molecule has 0 aliphatic carbocycles. The van der Waals surface area contributed by atoms with E-state index in [1.165, 1.54) is 55.6 Å². The molecule has 0 amide bonds. The van der Waals surface area contributed by atoms with E-state index in [0.29, 0.717) is 5.92 Å². The number of aromatic nitrogens is 1. The lowest BCUT2D eigenvalue weighted by Gasteiger charge is -2.46. The highest BCUT2D eigenvalue weighted by Gasteiger charge is 2.46. The van der Waals surface area contributed by atoms with Gasteiger partial charge in [0.05, 0.1) is 11.2 Å². The van der Waals surface area contributed by atoms with Gasteiger partial charge in [-0.2, -0.15) is 0 Å². The molecule has 1 unspecified atom stereocenters. The summed E-state index contributed by atoms with van der Waals surface area (Å²) in [6.45, 7) is 16.6. The molecule has 2 aliphatic heterocycles. The van der Waals surface area contributed by atoms with Crippen LogP contribution in [0.5, 0.6) is 0 Å². The minimum absolute atomic E-state index is 0.00478. The first-order valence-corrected chi connectivity index (χ1v) is 10.6. The van der Waals surface area contributed by atoms with Gasteiger partial charge in [-0.15, -0.1) is 0 Å². The number of allylic oxidation sites excluding steroid dienone is 1. The summed E-state index contributed by atoms with van der Waals surface area (Å²) in [7, 11) is 2.29. The largest absolute Gasteiger partial charge is 0.312 e. The van der Waals surface area contributed by atoms with Crippen molar-refractivity contribution in [3.8, 4) is 5.69 Å². The Morgan fingerprint density at radius 3 is 2.50 bits per heavy atom. The van der Waals surface area contributed by atoms with Gasteiger partial charge in [0.1, 0.15) is 7.85 Å². The first-order valence-electron chi connectivity index (χ1n) is 10.6. The van der Waals surface area contributed by atoms with Crippen molar-refractivity contribution in [2.45, 2.75) is 65.2 Å². The molecule has 2 heteroatoms. The minimum Gasteiger partial charge on any atom is -0.312 e. The average Bonchev–Trinajstić information content (AvgIpc) is 2.95. The Bertz CT molecular complexity index is 1200. The maximum Gasteiger partial charge on any atom is 0.139 e. The molecule has 0 fully saturated rings. The molecular weight excluding hydrogens is 337 g/mol. The summed E-state index contributed by atoms with van der Waals surface area (Å²) in [5.41, 5.74) is 13.2. The van der Waals surface area contributed by atoms with Crippen molar-refractivity contribution in [3.63, 3.8) is 0 Å². The third-order valence-electron chi connectivity index (χ3n) is 7.93. The van der Waals surface area contributed by atoms with Gasteiger partial charge in [-0.1, -0.05) is 82.1 Å². The molecule has 0 spiro atoms. The lowest BCUT2D eigenvalue weighted by Crippen LogP contribution is -2.40. The summed E-state index contributed by atoms with van der Waals surface area (Å²) >= 11 is 0. The molecule has 1 aromatic heterocycles. The SMILES string of the molecule is Bc1cc2c3c(c1C)C(C)(C)c1cccc4c(/C=C\C)c(n-3c14)C(C)C2(C)C. The highest BCUT2D eigenvalue weighted by molar-refractivity contribution is 6.33. The zero-order chi connectivity index (χ0) is 20.2. The molecule has 3 aromatic rings. The van der Waals surface area contributed by atoms with Crippen molar-refractivity contribution in [2.75, 3.05) is 0 Å². The smallest absolute Gasteiger partial charge is 0.139 e. The predicted molar refractivity (Wildman–Crippen MR) is 124 cm³/mol. The first kappa shape index (κ1) is 17.9. The Morgan fingerprint density at radius 2 is 1.82 bits per heavy atom. The Kier molecular flexibility index (Phi) is 3.33. The van der Waals surface area contributed by atoms with Gasteiger partial charge in [0.25, 0.3) is 0 Å². The van der Waals surface area contributed by atoms with Gasteiger partial charge < -0.3 is 4.57 Å². The van der Waals surface area contributed by atoms with Gasteiger partial charge in [0.15, 0.2) is 0 Å². The van der Waals surface area contributed by atoms with Crippen molar-refractivity contribution in [1.82, 2.24) is 4.57 Å². The van der Waals surface area contributed by atoms with E-state index in [2.05, 4.69) is 97.3 Å². The van der Waals surface area contributed by atoms with Crippen LogP contribution in [0.15, 0.2) is 30.3 Å². The fourth-order valence-corrected chi connectivity index (χ4v) is 5.99. The molecule has 0 saturated heterocycles. The van der Waals surface area contributed by atoms with E-state index >= 15 is 0 Å². The number of benzene rings is 2. The molecule has 1 atom stereocenters. The van der Waals surface area contributed by atoms with Crippen molar-refractivity contribution < 1.29 is 0 Å². The third-order valence-corrected chi connectivity index (χ3v) is 7.93. The van der Waals surface area contributed by atoms with E-state index in [9.17, 15) is 0 Å². The second kappa shape index (κ2) is 5.23. The van der Waals surface area contributed by atoms with Gasteiger partial charge in [0.2, 0.25) is 0 Å². The Balaban J connectivity index is 2.14. The fourth-order valence-electron chi connectivity index (χ4n) is 5.99. The number of para-hydroxylation sites is 1. The van der Waals surface area contributed by atoms with E-state index in [0.717, 1.165) is 0 Å². The van der Waals surface area contributed by atoms with Crippen LogP contribution in [0, 0.1) is 6.92 Å². The Morgan fingerprint density at radius 1 is 1.11 bits per heavy atom. The average molecular weight is 367 g/mol.